The molecule has 8 nitrogen and oxygen atoms in total. The van der Waals surface area contributed by atoms with E-state index in [0.717, 1.165) is 0 Å². The van der Waals surface area contributed by atoms with Crippen LogP contribution in [-0.2, 0) is 4.74 Å². The molecular weight excluding hydrogens is 248 g/mol. The number of hydrogen-bond acceptors (Lipinski definition) is 6. The number of allylic oxidation sites excluding steroid dienone is 1. The molecule has 0 N–H and O–H groups in total. The fourth-order valence-corrected chi connectivity index (χ4v) is 1.52. The van der Waals surface area contributed by atoms with Gasteiger partial charge in [-0.05, 0) is 6.92 Å². The number of nitriles is 2. The van der Waals surface area contributed by atoms with E-state index in [4.69, 9.17) is 20.0 Å². The van der Waals surface area contributed by atoms with Crippen LogP contribution in [0, 0.1) is 22.7 Å². The molecule has 0 bridgehead atoms. The van der Waals surface area contributed by atoms with Crippen LogP contribution in [-0.4, -0.2) is 29.2 Å². The molecule has 0 saturated heterocycles. The van der Waals surface area contributed by atoms with E-state index < -0.39 is 0 Å². The van der Waals surface area contributed by atoms with Gasteiger partial charge in [-0.3, -0.25) is 0 Å². The van der Waals surface area contributed by atoms with Crippen LogP contribution in [0.25, 0.3) is 5.70 Å². The topological polar surface area (TPSA) is 110 Å². The third-order valence-corrected chi connectivity index (χ3v) is 2.27. The summed E-state index contributed by atoms with van der Waals surface area (Å²) in [5, 5.41) is 25.6. The lowest BCUT2D eigenvalue weighted by Gasteiger charge is -2.08. The van der Waals surface area contributed by atoms with Crippen molar-refractivity contribution in [3.8, 4) is 18.0 Å². The van der Waals surface area contributed by atoms with Crippen molar-refractivity contribution in [3.63, 3.8) is 0 Å². The van der Waals surface area contributed by atoms with Crippen LogP contribution in [0.1, 0.15) is 12.6 Å². The highest BCUT2D eigenvalue weighted by Crippen LogP contribution is 2.25. The van der Waals surface area contributed by atoms with Gasteiger partial charge in [0.05, 0.1) is 13.7 Å². The summed E-state index contributed by atoms with van der Waals surface area (Å²) in [6, 6.07) is 5.24. The van der Waals surface area contributed by atoms with Crippen LogP contribution in [0.15, 0.2) is 17.1 Å². The molecule has 1 radical (unpaired) electrons. The zero-order valence-corrected chi connectivity index (χ0v) is 10.3. The molecule has 0 spiro atoms. The maximum absolute atomic E-state index is 9.03. The summed E-state index contributed by atoms with van der Waals surface area (Å²) in [4.78, 5) is 0. The van der Waals surface area contributed by atoms with Crippen molar-refractivity contribution in [3.05, 3.63) is 17.6 Å². The molecule has 0 aliphatic carbocycles. The monoisotopic (exact) mass is 257 g/mol. The van der Waals surface area contributed by atoms with E-state index in [1.807, 2.05) is 12.1 Å². The van der Waals surface area contributed by atoms with E-state index in [9.17, 15) is 0 Å². The Morgan fingerprint density at radius 3 is 2.74 bits per heavy atom. The van der Waals surface area contributed by atoms with E-state index in [-0.39, 0.29) is 23.0 Å². The maximum Gasteiger partial charge on any atom is 0.262 e. The average molecular weight is 257 g/mol. The number of hydrogen-bond donors (Lipinski definition) is 0. The largest absolute Gasteiger partial charge is 0.481 e. The molecule has 8 heteroatoms. The van der Waals surface area contributed by atoms with Crippen molar-refractivity contribution >= 4 is 11.4 Å². The first-order valence-corrected chi connectivity index (χ1v) is 5.35. The number of ether oxygens (including phenoxy) is 2. The molecule has 0 atom stereocenters. The first-order valence-electron chi connectivity index (χ1n) is 5.35. The van der Waals surface area contributed by atoms with Gasteiger partial charge in [-0.15, -0.1) is 10.5 Å². The smallest absolute Gasteiger partial charge is 0.262 e. The van der Waals surface area contributed by atoms with Gasteiger partial charge in [0, 0.05) is 6.07 Å². The van der Waals surface area contributed by atoms with Crippen molar-refractivity contribution in [1.82, 2.24) is 15.2 Å². The van der Waals surface area contributed by atoms with Crippen molar-refractivity contribution in [2.24, 2.45) is 5.10 Å². The highest BCUT2D eigenvalue weighted by Gasteiger charge is 2.28. The first-order chi connectivity index (χ1) is 9.24. The Balaban J connectivity index is 2.57. The van der Waals surface area contributed by atoms with Gasteiger partial charge >= 0.3 is 0 Å². The second kappa shape index (κ2) is 5.10. The number of methoxy groups -OCH3 is 1. The first kappa shape index (κ1) is 12.5. The summed E-state index contributed by atoms with van der Waals surface area (Å²) in [5.41, 5.74) is 4.24. The molecule has 0 saturated carbocycles. The number of aromatic nitrogens is 2. The molecule has 0 aromatic carbocycles. The molecule has 1 aliphatic rings. The molecule has 0 amide bonds. The highest BCUT2D eigenvalue weighted by atomic mass is 16.5. The Kier molecular flexibility index (Phi) is 3.35. The van der Waals surface area contributed by atoms with E-state index in [1.165, 1.54) is 17.9 Å². The standard InChI is InChI=1S/C11H9N6O2/c1-3-19-11-10(8(6-13)14-15-11)17-9(18-2)4-7(5-12)16-17/h4H,3H2,1-2H3. The zero-order valence-electron chi connectivity index (χ0n) is 10.3. The van der Waals surface area contributed by atoms with Crippen molar-refractivity contribution < 1.29 is 9.47 Å². The molecule has 2 rings (SSSR count). The SMILES string of the molecule is CCOC1=C(n2nc(C#N)cc2OC)C(C#N)=N[N]1. The minimum atomic E-state index is 0.0503. The summed E-state index contributed by atoms with van der Waals surface area (Å²) < 4.78 is 11.7. The molecule has 0 unspecified atom stereocenters. The molecule has 1 aliphatic heterocycles. The maximum atomic E-state index is 9.03. The Labute approximate surface area is 109 Å². The lowest BCUT2D eigenvalue weighted by Crippen LogP contribution is -2.11. The van der Waals surface area contributed by atoms with Crippen molar-refractivity contribution in [2.75, 3.05) is 13.7 Å². The van der Waals surface area contributed by atoms with E-state index in [2.05, 4.69) is 15.6 Å². The van der Waals surface area contributed by atoms with Gasteiger partial charge in [0.15, 0.2) is 17.1 Å². The van der Waals surface area contributed by atoms with Gasteiger partial charge < -0.3 is 9.47 Å². The Morgan fingerprint density at radius 1 is 1.37 bits per heavy atom. The van der Waals surface area contributed by atoms with Crippen LogP contribution in [0.2, 0.25) is 0 Å². The number of nitrogens with zero attached hydrogens (tertiary/aromatic N) is 6. The summed E-state index contributed by atoms with van der Waals surface area (Å²) in [6.45, 7) is 2.15. The third-order valence-electron chi connectivity index (χ3n) is 2.27. The summed E-state index contributed by atoms with van der Waals surface area (Å²) in [7, 11) is 1.44. The molecule has 19 heavy (non-hydrogen) atoms. The van der Waals surface area contributed by atoms with Gasteiger partial charge in [-0.1, -0.05) is 0 Å². The minimum Gasteiger partial charge on any atom is -0.481 e. The van der Waals surface area contributed by atoms with Crippen LogP contribution >= 0.6 is 0 Å². The summed E-state index contributed by atoms with van der Waals surface area (Å²) >= 11 is 0. The van der Waals surface area contributed by atoms with E-state index >= 15 is 0 Å². The van der Waals surface area contributed by atoms with Crippen LogP contribution in [0.5, 0.6) is 5.88 Å². The second-order valence-electron chi connectivity index (χ2n) is 3.34. The highest BCUT2D eigenvalue weighted by molar-refractivity contribution is 6.28. The molecular formula is C11H9N6O2. The van der Waals surface area contributed by atoms with Gasteiger partial charge in [-0.25, -0.2) is 0 Å². The summed E-state index contributed by atoms with van der Waals surface area (Å²) in [6.07, 6.45) is 0. The van der Waals surface area contributed by atoms with Crippen molar-refractivity contribution in [2.45, 2.75) is 6.92 Å². The quantitative estimate of drug-likeness (QED) is 0.776. The van der Waals surface area contributed by atoms with Gasteiger partial charge in [0.1, 0.15) is 12.1 Å². The fourth-order valence-electron chi connectivity index (χ4n) is 1.52. The Bertz CT molecular complexity index is 643. The van der Waals surface area contributed by atoms with Gasteiger partial charge in [0.2, 0.25) is 5.88 Å². The molecule has 0 fully saturated rings. The van der Waals surface area contributed by atoms with E-state index in [0.29, 0.717) is 12.5 Å². The molecule has 1 aromatic rings. The fraction of sp³-hybridized carbons (Fsp3) is 0.273. The van der Waals surface area contributed by atoms with Crippen LogP contribution in [0.4, 0.5) is 0 Å². The van der Waals surface area contributed by atoms with E-state index in [1.54, 1.807) is 6.92 Å². The summed E-state index contributed by atoms with van der Waals surface area (Å²) in [5.74, 6) is 0.466. The van der Waals surface area contributed by atoms with Crippen LogP contribution in [0.3, 0.4) is 0 Å². The normalized spacial score (nSPS) is 13.4. The second-order valence-corrected chi connectivity index (χ2v) is 3.34. The third kappa shape index (κ3) is 2.07. The van der Waals surface area contributed by atoms with Gasteiger partial charge in [-0.2, -0.15) is 20.3 Å². The minimum absolute atomic E-state index is 0.0503. The predicted molar refractivity (Wildman–Crippen MR) is 63.5 cm³/mol. The lowest BCUT2D eigenvalue weighted by atomic mass is 10.3. The molecule has 95 valence electrons. The number of rotatable bonds is 4. The molecule has 1 aromatic heterocycles. The van der Waals surface area contributed by atoms with Crippen LogP contribution < -0.4 is 10.2 Å². The predicted octanol–water partition coefficient (Wildman–Crippen LogP) is 0.424. The zero-order chi connectivity index (χ0) is 13.8. The molecule has 2 heterocycles. The average Bonchev–Trinajstić information content (AvgIpc) is 3.01. The Hall–Kier alpha value is -3.00. The van der Waals surface area contributed by atoms with Crippen molar-refractivity contribution in [1.29, 1.82) is 10.5 Å². The van der Waals surface area contributed by atoms with Gasteiger partial charge in [0.25, 0.3) is 5.88 Å². The Morgan fingerprint density at radius 2 is 2.16 bits per heavy atom. The lowest BCUT2D eigenvalue weighted by molar-refractivity contribution is 0.208.